The Kier molecular flexibility index (Phi) is 2.71. The lowest BCUT2D eigenvalue weighted by Gasteiger charge is -2.30. The van der Waals surface area contributed by atoms with E-state index >= 15 is 0 Å². The third-order valence-corrected chi connectivity index (χ3v) is 4.73. The number of hydrogen-bond donors (Lipinski definition) is 1. The average molecular weight is 209 g/mol. The van der Waals surface area contributed by atoms with Gasteiger partial charge in [-0.1, -0.05) is 0 Å². The van der Waals surface area contributed by atoms with Crippen molar-refractivity contribution in [3.63, 3.8) is 0 Å². The first-order valence-electron chi connectivity index (χ1n) is 6.51. The molecule has 3 heterocycles. The Balaban J connectivity index is 1.67. The van der Waals surface area contributed by atoms with Gasteiger partial charge in [-0.3, -0.25) is 9.80 Å². The number of likely N-dealkylation sites (tertiary alicyclic amines) is 1. The van der Waals surface area contributed by atoms with Crippen LogP contribution >= 0.6 is 0 Å². The maximum absolute atomic E-state index is 3.49. The Hall–Kier alpha value is -0.120. The standard InChI is InChI=1S/C12H23N3/c1-14-10-2-3-12(14)9-15(7-5-10)11-4-6-13-8-11/h10-13H,2-9H2,1H3. The van der Waals surface area contributed by atoms with Gasteiger partial charge in [-0.15, -0.1) is 0 Å². The molecule has 0 amide bonds. The van der Waals surface area contributed by atoms with Crippen molar-refractivity contribution in [2.75, 3.05) is 33.2 Å². The molecule has 3 fully saturated rings. The van der Waals surface area contributed by atoms with E-state index in [1.165, 1.54) is 51.9 Å². The highest BCUT2D eigenvalue weighted by atomic mass is 15.3. The van der Waals surface area contributed by atoms with Crippen LogP contribution in [0.2, 0.25) is 0 Å². The van der Waals surface area contributed by atoms with E-state index in [1.54, 1.807) is 0 Å². The van der Waals surface area contributed by atoms with Crippen molar-refractivity contribution in [3.05, 3.63) is 0 Å². The molecule has 0 aromatic heterocycles. The highest BCUT2D eigenvalue weighted by Crippen LogP contribution is 2.29. The number of fused-ring (bicyclic) bond motifs is 2. The fraction of sp³-hybridized carbons (Fsp3) is 1.00. The van der Waals surface area contributed by atoms with Crippen LogP contribution in [0.4, 0.5) is 0 Å². The molecule has 3 rings (SSSR count). The van der Waals surface area contributed by atoms with E-state index in [1.807, 2.05) is 0 Å². The molecule has 86 valence electrons. The zero-order chi connectivity index (χ0) is 10.3. The summed E-state index contributed by atoms with van der Waals surface area (Å²) in [6.45, 7) is 5.10. The normalized spacial score (nSPS) is 43.4. The average Bonchev–Trinajstić information content (AvgIpc) is 2.77. The fourth-order valence-corrected chi connectivity index (χ4v) is 3.62. The van der Waals surface area contributed by atoms with Gasteiger partial charge in [0.15, 0.2) is 0 Å². The number of hydrogen-bond acceptors (Lipinski definition) is 3. The van der Waals surface area contributed by atoms with Crippen LogP contribution in [-0.2, 0) is 0 Å². The molecule has 0 aromatic rings. The molecule has 0 aromatic carbocycles. The molecule has 3 unspecified atom stereocenters. The van der Waals surface area contributed by atoms with Gasteiger partial charge in [0.25, 0.3) is 0 Å². The Bertz CT molecular complexity index is 225. The number of nitrogens with one attached hydrogen (secondary N) is 1. The van der Waals surface area contributed by atoms with Gasteiger partial charge in [-0.05, 0) is 39.3 Å². The Labute approximate surface area is 92.8 Å². The summed E-state index contributed by atoms with van der Waals surface area (Å²) in [5.74, 6) is 0. The molecule has 3 saturated heterocycles. The van der Waals surface area contributed by atoms with E-state index < -0.39 is 0 Å². The molecular formula is C12H23N3. The largest absolute Gasteiger partial charge is 0.315 e. The molecule has 3 aliphatic heterocycles. The lowest BCUT2D eigenvalue weighted by Crippen LogP contribution is -2.42. The minimum Gasteiger partial charge on any atom is -0.315 e. The highest BCUT2D eigenvalue weighted by Gasteiger charge is 2.36. The maximum Gasteiger partial charge on any atom is 0.0233 e. The Morgan fingerprint density at radius 3 is 2.67 bits per heavy atom. The van der Waals surface area contributed by atoms with E-state index in [0.29, 0.717) is 0 Å². The van der Waals surface area contributed by atoms with Gasteiger partial charge in [0.1, 0.15) is 0 Å². The second-order valence-corrected chi connectivity index (χ2v) is 5.48. The van der Waals surface area contributed by atoms with Crippen molar-refractivity contribution >= 4 is 0 Å². The first kappa shape index (κ1) is 10.1. The summed E-state index contributed by atoms with van der Waals surface area (Å²) in [7, 11) is 2.33. The summed E-state index contributed by atoms with van der Waals surface area (Å²) >= 11 is 0. The Morgan fingerprint density at radius 2 is 1.87 bits per heavy atom. The quantitative estimate of drug-likeness (QED) is 0.679. The van der Waals surface area contributed by atoms with E-state index in [0.717, 1.165) is 18.1 Å². The predicted octanol–water partition coefficient (Wildman–Crippen LogP) is 0.517. The summed E-state index contributed by atoms with van der Waals surface area (Å²) in [6.07, 6.45) is 5.63. The summed E-state index contributed by atoms with van der Waals surface area (Å²) < 4.78 is 0. The van der Waals surface area contributed by atoms with Crippen molar-refractivity contribution in [2.45, 2.75) is 43.8 Å². The lowest BCUT2D eigenvalue weighted by atomic mass is 10.1. The SMILES string of the molecule is CN1C2CCC1CN(C1CCNC1)CC2. The maximum atomic E-state index is 3.49. The van der Waals surface area contributed by atoms with Crippen molar-refractivity contribution in [1.82, 2.24) is 15.1 Å². The predicted molar refractivity (Wildman–Crippen MR) is 62.0 cm³/mol. The van der Waals surface area contributed by atoms with Gasteiger partial charge in [-0.25, -0.2) is 0 Å². The zero-order valence-electron chi connectivity index (χ0n) is 9.78. The van der Waals surface area contributed by atoms with Gasteiger partial charge in [0, 0.05) is 37.8 Å². The molecule has 1 N–H and O–H groups in total. The van der Waals surface area contributed by atoms with Crippen LogP contribution < -0.4 is 5.32 Å². The van der Waals surface area contributed by atoms with Crippen LogP contribution in [-0.4, -0.2) is 61.2 Å². The molecular weight excluding hydrogens is 186 g/mol. The minimum atomic E-state index is 0.831. The van der Waals surface area contributed by atoms with Crippen LogP contribution in [0.5, 0.6) is 0 Å². The number of rotatable bonds is 1. The monoisotopic (exact) mass is 209 g/mol. The van der Waals surface area contributed by atoms with Gasteiger partial charge >= 0.3 is 0 Å². The van der Waals surface area contributed by atoms with Crippen LogP contribution in [0.15, 0.2) is 0 Å². The van der Waals surface area contributed by atoms with Crippen LogP contribution in [0.3, 0.4) is 0 Å². The third kappa shape index (κ3) is 1.81. The fourth-order valence-electron chi connectivity index (χ4n) is 3.62. The molecule has 15 heavy (non-hydrogen) atoms. The van der Waals surface area contributed by atoms with Gasteiger partial charge < -0.3 is 5.32 Å². The van der Waals surface area contributed by atoms with E-state index in [2.05, 4.69) is 22.2 Å². The van der Waals surface area contributed by atoms with E-state index in [-0.39, 0.29) is 0 Å². The van der Waals surface area contributed by atoms with Crippen molar-refractivity contribution in [3.8, 4) is 0 Å². The first-order chi connectivity index (χ1) is 7.34. The minimum absolute atomic E-state index is 0.831. The third-order valence-electron chi connectivity index (χ3n) is 4.73. The molecule has 3 aliphatic rings. The molecule has 3 nitrogen and oxygen atoms in total. The second-order valence-electron chi connectivity index (χ2n) is 5.48. The summed E-state index contributed by atoms with van der Waals surface area (Å²) in [5, 5.41) is 3.49. The smallest absolute Gasteiger partial charge is 0.0233 e. The van der Waals surface area contributed by atoms with E-state index in [9.17, 15) is 0 Å². The molecule has 3 heteroatoms. The van der Waals surface area contributed by atoms with Crippen LogP contribution in [0.1, 0.15) is 25.7 Å². The Morgan fingerprint density at radius 1 is 1.00 bits per heavy atom. The number of nitrogens with zero attached hydrogens (tertiary/aromatic N) is 2. The molecule has 3 atom stereocenters. The van der Waals surface area contributed by atoms with Crippen molar-refractivity contribution in [1.29, 1.82) is 0 Å². The van der Waals surface area contributed by atoms with Gasteiger partial charge in [0.2, 0.25) is 0 Å². The zero-order valence-corrected chi connectivity index (χ0v) is 9.78. The van der Waals surface area contributed by atoms with Gasteiger partial charge in [0.05, 0.1) is 0 Å². The van der Waals surface area contributed by atoms with Crippen molar-refractivity contribution in [2.24, 2.45) is 0 Å². The van der Waals surface area contributed by atoms with Crippen LogP contribution in [0, 0.1) is 0 Å². The van der Waals surface area contributed by atoms with Crippen molar-refractivity contribution < 1.29 is 0 Å². The molecule has 0 aliphatic carbocycles. The lowest BCUT2D eigenvalue weighted by molar-refractivity contribution is 0.180. The summed E-state index contributed by atoms with van der Waals surface area (Å²) in [6, 6.07) is 2.56. The van der Waals surface area contributed by atoms with E-state index in [4.69, 9.17) is 0 Å². The molecule has 0 radical (unpaired) electrons. The summed E-state index contributed by atoms with van der Waals surface area (Å²) in [4.78, 5) is 5.39. The highest BCUT2D eigenvalue weighted by molar-refractivity contribution is 4.94. The van der Waals surface area contributed by atoms with Crippen LogP contribution in [0.25, 0.3) is 0 Å². The topological polar surface area (TPSA) is 18.5 Å². The molecule has 2 bridgehead atoms. The molecule has 0 spiro atoms. The summed E-state index contributed by atoms with van der Waals surface area (Å²) in [5.41, 5.74) is 0. The molecule has 0 saturated carbocycles. The number of likely N-dealkylation sites (N-methyl/N-ethyl adjacent to an activating group) is 1. The van der Waals surface area contributed by atoms with Gasteiger partial charge in [-0.2, -0.15) is 0 Å². The first-order valence-corrected chi connectivity index (χ1v) is 6.51. The second kappa shape index (κ2) is 4.04.